The molecule has 0 aromatic rings. The lowest BCUT2D eigenvalue weighted by atomic mass is 9.92. The summed E-state index contributed by atoms with van der Waals surface area (Å²) in [6.45, 7) is 0.370. The second kappa shape index (κ2) is 6.83. The molecule has 2 rings (SSSR count). The number of nitrogens with zero attached hydrogens (tertiary/aromatic N) is 2. The molecule has 20 heavy (non-hydrogen) atoms. The summed E-state index contributed by atoms with van der Waals surface area (Å²) in [4.78, 5) is 0. The van der Waals surface area contributed by atoms with Crippen LogP contribution in [0.25, 0.3) is 0 Å². The molecule has 118 valence electrons. The topological polar surface area (TPSA) is 87.4 Å². The van der Waals surface area contributed by atoms with Crippen molar-refractivity contribution in [3.8, 4) is 0 Å². The van der Waals surface area contributed by atoms with E-state index in [0.29, 0.717) is 6.54 Å². The smallest absolute Gasteiger partial charge is 0.0961 e. The molecule has 0 aromatic carbocycles. The highest BCUT2D eigenvalue weighted by Crippen LogP contribution is 2.25. The largest absolute Gasteiger partial charge is 0.390 e. The fraction of sp³-hybridized carbons (Fsp3) is 1.00. The number of aliphatic hydroxyl groups excluding tert-OH is 4. The number of piperidine rings is 2. The van der Waals surface area contributed by atoms with Crippen LogP contribution in [0.2, 0.25) is 0 Å². The van der Waals surface area contributed by atoms with Gasteiger partial charge in [0.1, 0.15) is 0 Å². The molecule has 0 radical (unpaired) electrons. The SMILES string of the molecule is OC1CN(N2CC(O)C(O)C(CCl)C2)CC(CF)C1O. The summed E-state index contributed by atoms with van der Waals surface area (Å²) in [5, 5.41) is 42.7. The molecular formula is C12H22ClFN2O4. The second-order valence-corrected chi connectivity index (χ2v) is 6.00. The van der Waals surface area contributed by atoms with Crippen molar-refractivity contribution in [3.05, 3.63) is 0 Å². The Morgan fingerprint density at radius 2 is 1.30 bits per heavy atom. The quantitative estimate of drug-likeness (QED) is 0.470. The van der Waals surface area contributed by atoms with E-state index in [9.17, 15) is 24.8 Å². The molecule has 4 N–H and O–H groups in total. The Hall–Kier alpha value is -0.0200. The van der Waals surface area contributed by atoms with Gasteiger partial charge in [-0.15, -0.1) is 11.6 Å². The van der Waals surface area contributed by atoms with Crippen LogP contribution in [0.15, 0.2) is 0 Å². The summed E-state index contributed by atoms with van der Waals surface area (Å²) in [6.07, 6.45) is -3.90. The van der Waals surface area contributed by atoms with Crippen molar-refractivity contribution in [1.82, 2.24) is 10.0 Å². The Kier molecular flexibility index (Phi) is 5.58. The molecular weight excluding hydrogens is 291 g/mol. The van der Waals surface area contributed by atoms with Gasteiger partial charge in [0.05, 0.1) is 31.1 Å². The Balaban J connectivity index is 2.03. The highest BCUT2D eigenvalue weighted by atomic mass is 35.5. The molecule has 2 aliphatic heterocycles. The minimum Gasteiger partial charge on any atom is -0.390 e. The summed E-state index contributed by atoms with van der Waals surface area (Å²) in [6, 6.07) is 0. The third-order valence-corrected chi connectivity index (χ3v) is 4.63. The summed E-state index contributed by atoms with van der Waals surface area (Å²) in [5.41, 5.74) is 0. The van der Waals surface area contributed by atoms with Crippen LogP contribution >= 0.6 is 11.6 Å². The molecule has 0 bridgehead atoms. The molecule has 2 saturated heterocycles. The molecule has 0 amide bonds. The van der Waals surface area contributed by atoms with Crippen LogP contribution in [0, 0.1) is 11.8 Å². The molecule has 6 unspecified atom stereocenters. The van der Waals surface area contributed by atoms with Crippen molar-refractivity contribution < 1.29 is 24.8 Å². The van der Waals surface area contributed by atoms with Crippen LogP contribution < -0.4 is 0 Å². The maximum atomic E-state index is 12.9. The van der Waals surface area contributed by atoms with Gasteiger partial charge < -0.3 is 20.4 Å². The highest BCUT2D eigenvalue weighted by molar-refractivity contribution is 6.18. The van der Waals surface area contributed by atoms with Crippen molar-refractivity contribution in [3.63, 3.8) is 0 Å². The van der Waals surface area contributed by atoms with Crippen molar-refractivity contribution in [2.24, 2.45) is 11.8 Å². The number of aliphatic hydroxyl groups is 4. The van der Waals surface area contributed by atoms with Crippen LogP contribution in [-0.2, 0) is 0 Å². The maximum Gasteiger partial charge on any atom is 0.0961 e. The van der Waals surface area contributed by atoms with E-state index < -0.39 is 37.0 Å². The van der Waals surface area contributed by atoms with Crippen LogP contribution in [0.3, 0.4) is 0 Å². The van der Waals surface area contributed by atoms with Crippen molar-refractivity contribution in [1.29, 1.82) is 0 Å². The zero-order valence-corrected chi connectivity index (χ0v) is 11.9. The van der Waals surface area contributed by atoms with Crippen molar-refractivity contribution in [2.75, 3.05) is 38.7 Å². The molecule has 2 fully saturated rings. The molecule has 0 saturated carbocycles. The predicted octanol–water partition coefficient (Wildman–Crippen LogP) is -1.58. The standard InChI is InChI=1S/C12H22ClFN2O4/c13-1-7-3-15(5-9(17)11(7)19)16-4-8(2-14)12(20)10(18)6-16/h7-12,17-20H,1-6H2. The number of hydrazine groups is 1. The Labute approximate surface area is 122 Å². The third kappa shape index (κ3) is 3.24. The minimum absolute atomic E-state index is 0.176. The van der Waals surface area contributed by atoms with E-state index in [2.05, 4.69) is 0 Å². The molecule has 0 aliphatic carbocycles. The van der Waals surface area contributed by atoms with Gasteiger partial charge in [-0.3, -0.25) is 4.39 Å². The first kappa shape index (κ1) is 16.4. The fourth-order valence-corrected chi connectivity index (χ4v) is 3.20. The number of alkyl halides is 2. The first-order valence-electron chi connectivity index (χ1n) is 6.82. The van der Waals surface area contributed by atoms with Gasteiger partial charge in [-0.05, 0) is 0 Å². The van der Waals surface area contributed by atoms with Crippen LogP contribution in [0.5, 0.6) is 0 Å². The van der Waals surface area contributed by atoms with E-state index in [0.717, 1.165) is 0 Å². The van der Waals surface area contributed by atoms with Gasteiger partial charge in [0.25, 0.3) is 0 Å². The number of halogens is 2. The molecule has 0 spiro atoms. The summed E-state index contributed by atoms with van der Waals surface area (Å²) < 4.78 is 12.9. The average Bonchev–Trinajstić information content (AvgIpc) is 2.44. The van der Waals surface area contributed by atoms with E-state index in [-0.39, 0.29) is 31.4 Å². The zero-order valence-electron chi connectivity index (χ0n) is 11.1. The second-order valence-electron chi connectivity index (χ2n) is 5.69. The minimum atomic E-state index is -1.07. The number of β-amino-alcohol motifs (C(OH)–C–C–N with tert-alkyl or cyclic N) is 2. The van der Waals surface area contributed by atoms with Crippen LogP contribution in [-0.4, -0.2) is 93.6 Å². The Bertz CT molecular complexity index is 298. The van der Waals surface area contributed by atoms with Gasteiger partial charge in [0, 0.05) is 43.9 Å². The highest BCUT2D eigenvalue weighted by Gasteiger charge is 2.41. The van der Waals surface area contributed by atoms with Crippen LogP contribution in [0.4, 0.5) is 4.39 Å². The third-order valence-electron chi connectivity index (χ3n) is 4.24. The lowest BCUT2D eigenvalue weighted by molar-refractivity contribution is -0.184. The maximum absolute atomic E-state index is 12.9. The van der Waals surface area contributed by atoms with Gasteiger partial charge in [0.2, 0.25) is 0 Å². The average molecular weight is 313 g/mol. The number of rotatable bonds is 3. The first-order chi connectivity index (χ1) is 9.47. The van der Waals surface area contributed by atoms with Gasteiger partial charge >= 0.3 is 0 Å². The van der Waals surface area contributed by atoms with E-state index in [1.165, 1.54) is 0 Å². The normalized spacial score (nSPS) is 44.7. The predicted molar refractivity (Wildman–Crippen MR) is 70.8 cm³/mol. The van der Waals surface area contributed by atoms with Crippen molar-refractivity contribution in [2.45, 2.75) is 24.4 Å². The molecule has 0 aromatic heterocycles. The Morgan fingerprint density at radius 3 is 1.75 bits per heavy atom. The van der Waals surface area contributed by atoms with E-state index in [1.807, 2.05) is 0 Å². The molecule has 2 heterocycles. The lowest BCUT2D eigenvalue weighted by Crippen LogP contribution is -2.64. The van der Waals surface area contributed by atoms with Crippen molar-refractivity contribution >= 4 is 11.6 Å². The van der Waals surface area contributed by atoms with Gasteiger partial charge in [0.15, 0.2) is 0 Å². The monoisotopic (exact) mass is 312 g/mol. The summed E-state index contributed by atoms with van der Waals surface area (Å²) >= 11 is 5.79. The molecule has 2 aliphatic rings. The molecule has 6 atom stereocenters. The molecule has 8 heteroatoms. The lowest BCUT2D eigenvalue weighted by Gasteiger charge is -2.48. The summed E-state index contributed by atoms with van der Waals surface area (Å²) in [5.74, 6) is -0.731. The number of hydrogen-bond donors (Lipinski definition) is 4. The molecule has 6 nitrogen and oxygen atoms in total. The van der Waals surface area contributed by atoms with Gasteiger partial charge in [-0.1, -0.05) is 0 Å². The van der Waals surface area contributed by atoms with E-state index >= 15 is 0 Å². The Morgan fingerprint density at radius 1 is 0.850 bits per heavy atom. The van der Waals surface area contributed by atoms with Crippen LogP contribution in [0.1, 0.15) is 0 Å². The number of hydrogen-bond acceptors (Lipinski definition) is 6. The fourth-order valence-electron chi connectivity index (χ4n) is 2.92. The first-order valence-corrected chi connectivity index (χ1v) is 7.35. The van der Waals surface area contributed by atoms with Gasteiger partial charge in [-0.2, -0.15) is 0 Å². The summed E-state index contributed by atoms with van der Waals surface area (Å²) in [7, 11) is 0. The van der Waals surface area contributed by atoms with E-state index in [4.69, 9.17) is 11.6 Å². The van der Waals surface area contributed by atoms with Gasteiger partial charge in [-0.25, -0.2) is 10.0 Å². The van der Waals surface area contributed by atoms with E-state index in [1.54, 1.807) is 10.0 Å². The zero-order chi connectivity index (χ0) is 14.9.